The lowest BCUT2D eigenvalue weighted by Crippen LogP contribution is -2.30. The summed E-state index contributed by atoms with van der Waals surface area (Å²) in [7, 11) is -4.17. The normalized spacial score (nSPS) is 10.9. The number of amides is 2. The summed E-state index contributed by atoms with van der Waals surface area (Å²) in [5, 5.41) is 2.73. The van der Waals surface area contributed by atoms with E-state index >= 15 is 0 Å². The Labute approximate surface area is 210 Å². The lowest BCUT2D eigenvalue weighted by molar-refractivity contribution is -0.116. The maximum atomic E-state index is 12.6. The predicted octanol–water partition coefficient (Wildman–Crippen LogP) is 3.73. The number of hydrogen-bond acceptors (Lipinski definition) is 7. The number of anilines is 1. The SMILES string of the molecule is CCCOC(=O)c1ccc(C(=O)NS(=O)(=O)c2ccc(NC(=O)CCCc3ccccc3)cc2)cn1. The van der Waals surface area contributed by atoms with Crippen LogP contribution < -0.4 is 10.0 Å². The van der Waals surface area contributed by atoms with Gasteiger partial charge in [0, 0.05) is 18.3 Å². The van der Waals surface area contributed by atoms with E-state index in [9.17, 15) is 22.8 Å². The molecule has 3 rings (SSSR count). The van der Waals surface area contributed by atoms with Crippen LogP contribution in [0.25, 0.3) is 0 Å². The van der Waals surface area contributed by atoms with Gasteiger partial charge in [0.15, 0.2) is 0 Å². The first-order valence-corrected chi connectivity index (χ1v) is 12.9. The first kappa shape index (κ1) is 26.6. The van der Waals surface area contributed by atoms with Crippen molar-refractivity contribution in [3.8, 4) is 0 Å². The number of sulfonamides is 1. The summed E-state index contributed by atoms with van der Waals surface area (Å²) in [6, 6.07) is 17.9. The quantitative estimate of drug-likeness (QED) is 0.377. The number of aryl methyl sites for hydroxylation is 1. The summed E-state index contributed by atoms with van der Waals surface area (Å²) in [4.78, 5) is 40.1. The monoisotopic (exact) mass is 509 g/mol. The van der Waals surface area contributed by atoms with Gasteiger partial charge in [0.05, 0.1) is 17.1 Å². The summed E-state index contributed by atoms with van der Waals surface area (Å²) in [5.74, 6) is -1.70. The van der Waals surface area contributed by atoms with E-state index < -0.39 is 21.9 Å². The predicted molar refractivity (Wildman–Crippen MR) is 134 cm³/mol. The zero-order valence-electron chi connectivity index (χ0n) is 19.8. The fourth-order valence-electron chi connectivity index (χ4n) is 3.20. The fourth-order valence-corrected chi connectivity index (χ4v) is 4.17. The van der Waals surface area contributed by atoms with Gasteiger partial charge in [-0.3, -0.25) is 9.59 Å². The second kappa shape index (κ2) is 12.6. The van der Waals surface area contributed by atoms with Crippen molar-refractivity contribution in [3.63, 3.8) is 0 Å². The topological polar surface area (TPSA) is 132 Å². The van der Waals surface area contributed by atoms with Gasteiger partial charge in [0.25, 0.3) is 15.9 Å². The molecule has 2 aromatic carbocycles. The molecule has 1 aromatic heterocycles. The van der Waals surface area contributed by atoms with Crippen molar-refractivity contribution in [2.75, 3.05) is 11.9 Å². The van der Waals surface area contributed by atoms with Crippen molar-refractivity contribution in [1.82, 2.24) is 9.71 Å². The number of ether oxygens (including phenoxy) is 1. The van der Waals surface area contributed by atoms with Crippen molar-refractivity contribution in [2.24, 2.45) is 0 Å². The molecule has 0 saturated heterocycles. The Hall–Kier alpha value is -4.05. The van der Waals surface area contributed by atoms with Gasteiger partial charge in [-0.1, -0.05) is 37.3 Å². The molecule has 0 bridgehead atoms. The Bertz CT molecular complexity index is 1290. The molecular weight excluding hydrogens is 482 g/mol. The smallest absolute Gasteiger partial charge is 0.356 e. The third-order valence-corrected chi connectivity index (χ3v) is 6.41. The van der Waals surface area contributed by atoms with Crippen molar-refractivity contribution in [1.29, 1.82) is 0 Å². The van der Waals surface area contributed by atoms with Crippen molar-refractivity contribution in [3.05, 3.63) is 89.7 Å². The van der Waals surface area contributed by atoms with Crippen LogP contribution >= 0.6 is 0 Å². The first-order valence-electron chi connectivity index (χ1n) is 11.4. The molecule has 0 spiro atoms. The number of carbonyl (C=O) groups is 3. The second-order valence-electron chi connectivity index (χ2n) is 7.91. The van der Waals surface area contributed by atoms with Crippen LogP contribution in [0.1, 0.15) is 52.6 Å². The molecule has 188 valence electrons. The van der Waals surface area contributed by atoms with Crippen LogP contribution in [0.3, 0.4) is 0 Å². The highest BCUT2D eigenvalue weighted by Gasteiger charge is 2.20. The highest BCUT2D eigenvalue weighted by Crippen LogP contribution is 2.15. The van der Waals surface area contributed by atoms with E-state index in [1.807, 2.05) is 42.0 Å². The number of benzene rings is 2. The Morgan fingerprint density at radius 1 is 0.944 bits per heavy atom. The van der Waals surface area contributed by atoms with Crippen LogP contribution in [0.4, 0.5) is 5.69 Å². The lowest BCUT2D eigenvalue weighted by Gasteiger charge is -2.09. The average molecular weight is 510 g/mol. The van der Waals surface area contributed by atoms with E-state index in [4.69, 9.17) is 4.74 Å². The molecule has 0 fully saturated rings. The van der Waals surface area contributed by atoms with Gasteiger partial charge in [-0.15, -0.1) is 0 Å². The fraction of sp³-hybridized carbons (Fsp3) is 0.231. The number of nitrogens with zero attached hydrogens (tertiary/aromatic N) is 1. The molecule has 0 aliphatic heterocycles. The number of hydrogen-bond donors (Lipinski definition) is 2. The summed E-state index contributed by atoms with van der Waals surface area (Å²) in [6.45, 7) is 2.10. The Morgan fingerprint density at radius 3 is 2.31 bits per heavy atom. The minimum atomic E-state index is -4.17. The van der Waals surface area contributed by atoms with E-state index in [0.717, 1.165) is 18.2 Å². The minimum Gasteiger partial charge on any atom is -0.461 e. The molecule has 0 aliphatic rings. The van der Waals surface area contributed by atoms with Crippen molar-refractivity contribution >= 4 is 33.5 Å². The number of rotatable bonds is 11. The number of pyridine rings is 1. The highest BCUT2D eigenvalue weighted by atomic mass is 32.2. The summed E-state index contributed by atoms with van der Waals surface area (Å²) in [5.41, 5.74) is 1.58. The molecule has 0 saturated carbocycles. The van der Waals surface area contributed by atoms with Crippen molar-refractivity contribution in [2.45, 2.75) is 37.5 Å². The van der Waals surface area contributed by atoms with Gasteiger partial charge < -0.3 is 10.1 Å². The largest absolute Gasteiger partial charge is 0.461 e. The van der Waals surface area contributed by atoms with E-state index in [1.54, 1.807) is 0 Å². The summed E-state index contributed by atoms with van der Waals surface area (Å²) >= 11 is 0. The number of aromatic nitrogens is 1. The molecule has 0 aliphatic carbocycles. The van der Waals surface area contributed by atoms with E-state index in [1.165, 1.54) is 36.4 Å². The van der Waals surface area contributed by atoms with E-state index in [-0.39, 0.29) is 28.7 Å². The standard InChI is InChI=1S/C26H27N3O6S/c1-2-17-35-26(32)23-16-11-20(18-27-23)25(31)29-36(33,34)22-14-12-21(13-15-22)28-24(30)10-6-9-19-7-4-3-5-8-19/h3-5,7-8,11-16,18H,2,6,9-10,17H2,1H3,(H,28,30)(H,29,31). The van der Waals surface area contributed by atoms with Crippen LogP contribution in [0.5, 0.6) is 0 Å². The first-order chi connectivity index (χ1) is 17.3. The molecule has 0 radical (unpaired) electrons. The zero-order valence-corrected chi connectivity index (χ0v) is 20.6. The second-order valence-corrected chi connectivity index (χ2v) is 9.60. The Balaban J connectivity index is 1.53. The molecule has 10 heteroatoms. The molecule has 36 heavy (non-hydrogen) atoms. The molecule has 9 nitrogen and oxygen atoms in total. The maximum absolute atomic E-state index is 12.6. The maximum Gasteiger partial charge on any atom is 0.356 e. The van der Waals surface area contributed by atoms with Gasteiger partial charge in [0.2, 0.25) is 5.91 Å². The summed E-state index contributed by atoms with van der Waals surface area (Å²) in [6.07, 6.45) is 3.56. The van der Waals surface area contributed by atoms with Crippen LogP contribution in [0.2, 0.25) is 0 Å². The molecular formula is C26H27N3O6S. The van der Waals surface area contributed by atoms with E-state index in [2.05, 4.69) is 10.3 Å². The van der Waals surface area contributed by atoms with Gasteiger partial charge in [-0.05, 0) is 61.2 Å². The third kappa shape index (κ3) is 7.74. The molecule has 2 N–H and O–H groups in total. The zero-order chi connectivity index (χ0) is 26.0. The van der Waals surface area contributed by atoms with E-state index in [0.29, 0.717) is 24.9 Å². The van der Waals surface area contributed by atoms with Gasteiger partial charge in [-0.2, -0.15) is 0 Å². The van der Waals surface area contributed by atoms with Crippen LogP contribution in [-0.2, 0) is 26.0 Å². The lowest BCUT2D eigenvalue weighted by atomic mass is 10.1. The Morgan fingerprint density at radius 2 is 1.67 bits per heavy atom. The third-order valence-electron chi connectivity index (χ3n) is 5.06. The van der Waals surface area contributed by atoms with Crippen LogP contribution in [-0.4, -0.2) is 37.8 Å². The number of nitrogens with one attached hydrogen (secondary N) is 2. The molecule has 3 aromatic rings. The minimum absolute atomic E-state index is 0.0144. The van der Waals surface area contributed by atoms with Gasteiger partial charge in [-0.25, -0.2) is 22.9 Å². The molecule has 0 atom stereocenters. The molecule has 1 heterocycles. The number of esters is 1. The van der Waals surface area contributed by atoms with Gasteiger partial charge >= 0.3 is 5.97 Å². The molecule has 2 amide bonds. The van der Waals surface area contributed by atoms with Crippen LogP contribution in [0, 0.1) is 0 Å². The average Bonchev–Trinajstić information content (AvgIpc) is 2.88. The summed E-state index contributed by atoms with van der Waals surface area (Å²) < 4.78 is 32.1. The highest BCUT2D eigenvalue weighted by molar-refractivity contribution is 7.90. The molecule has 0 unspecified atom stereocenters. The van der Waals surface area contributed by atoms with Crippen molar-refractivity contribution < 1.29 is 27.5 Å². The van der Waals surface area contributed by atoms with Gasteiger partial charge in [0.1, 0.15) is 5.69 Å². The van der Waals surface area contributed by atoms with Crippen LogP contribution in [0.15, 0.2) is 77.8 Å². The Kier molecular flexibility index (Phi) is 9.29. The number of carbonyl (C=O) groups excluding carboxylic acids is 3.